The van der Waals surface area contributed by atoms with Crippen LogP contribution in [0.25, 0.3) is 0 Å². The van der Waals surface area contributed by atoms with Gasteiger partial charge in [0.15, 0.2) is 11.5 Å². The van der Waals surface area contributed by atoms with E-state index in [0.29, 0.717) is 23.6 Å². The summed E-state index contributed by atoms with van der Waals surface area (Å²) in [5, 5.41) is 2.99. The van der Waals surface area contributed by atoms with Gasteiger partial charge in [-0.1, -0.05) is 6.07 Å². The van der Waals surface area contributed by atoms with E-state index in [0.717, 1.165) is 5.69 Å². The molecule has 1 N–H and O–H groups in total. The van der Waals surface area contributed by atoms with Gasteiger partial charge in [-0.3, -0.25) is 9.69 Å². The predicted octanol–water partition coefficient (Wildman–Crippen LogP) is 2.08. The van der Waals surface area contributed by atoms with Crippen molar-refractivity contribution in [1.29, 1.82) is 0 Å². The van der Waals surface area contributed by atoms with Gasteiger partial charge in [-0.2, -0.15) is 0 Å². The molecule has 2 aromatic rings. The largest absolute Gasteiger partial charge is 0.493 e. The van der Waals surface area contributed by atoms with Gasteiger partial charge < -0.3 is 19.4 Å². The number of aromatic nitrogens is 1. The van der Waals surface area contributed by atoms with Crippen LogP contribution in [-0.2, 0) is 7.05 Å². The van der Waals surface area contributed by atoms with E-state index in [1.165, 1.54) is 7.11 Å². The molecule has 6 nitrogen and oxygen atoms in total. The van der Waals surface area contributed by atoms with Crippen LogP contribution in [0.15, 0.2) is 36.5 Å². The van der Waals surface area contributed by atoms with E-state index in [1.54, 1.807) is 25.3 Å². The van der Waals surface area contributed by atoms with Crippen LogP contribution in [0.5, 0.6) is 11.5 Å². The summed E-state index contributed by atoms with van der Waals surface area (Å²) in [6.07, 6.45) is 2.00. The van der Waals surface area contributed by atoms with Crippen molar-refractivity contribution >= 4 is 5.91 Å². The van der Waals surface area contributed by atoms with Gasteiger partial charge in [-0.05, 0) is 38.4 Å². The predicted molar refractivity (Wildman–Crippen MR) is 93.7 cm³/mol. The van der Waals surface area contributed by atoms with Crippen LogP contribution in [0.3, 0.4) is 0 Å². The van der Waals surface area contributed by atoms with Gasteiger partial charge in [0.2, 0.25) is 0 Å². The Hall–Kier alpha value is -2.47. The van der Waals surface area contributed by atoms with Crippen LogP contribution in [0.2, 0.25) is 0 Å². The summed E-state index contributed by atoms with van der Waals surface area (Å²) < 4.78 is 12.6. The maximum atomic E-state index is 12.6. The smallest absolute Gasteiger partial charge is 0.255 e. The number of carbonyl (C=O) groups excluding carboxylic acids is 1. The summed E-state index contributed by atoms with van der Waals surface area (Å²) in [5.41, 5.74) is 1.60. The highest BCUT2D eigenvalue weighted by Crippen LogP contribution is 2.30. The van der Waals surface area contributed by atoms with E-state index in [2.05, 4.69) is 20.9 Å². The van der Waals surface area contributed by atoms with Crippen LogP contribution in [0.4, 0.5) is 0 Å². The molecule has 0 aliphatic rings. The molecule has 1 aromatic heterocycles. The van der Waals surface area contributed by atoms with Crippen molar-refractivity contribution in [2.75, 3.05) is 34.9 Å². The Balaban J connectivity index is 2.16. The van der Waals surface area contributed by atoms with Crippen LogP contribution >= 0.6 is 0 Å². The number of ether oxygens (including phenoxy) is 2. The van der Waals surface area contributed by atoms with Crippen molar-refractivity contribution in [2.24, 2.45) is 7.05 Å². The Morgan fingerprint density at radius 2 is 1.96 bits per heavy atom. The first-order chi connectivity index (χ1) is 11.5. The highest BCUT2D eigenvalue weighted by molar-refractivity contribution is 5.97. The van der Waals surface area contributed by atoms with Gasteiger partial charge in [0.25, 0.3) is 5.91 Å². The van der Waals surface area contributed by atoms with Crippen molar-refractivity contribution in [1.82, 2.24) is 14.8 Å². The molecule has 1 amide bonds. The highest BCUT2D eigenvalue weighted by atomic mass is 16.5. The lowest BCUT2D eigenvalue weighted by Gasteiger charge is -2.25. The number of rotatable bonds is 7. The van der Waals surface area contributed by atoms with Crippen LogP contribution < -0.4 is 14.8 Å². The van der Waals surface area contributed by atoms with Crippen molar-refractivity contribution < 1.29 is 14.3 Å². The fourth-order valence-electron chi connectivity index (χ4n) is 2.72. The zero-order valence-corrected chi connectivity index (χ0v) is 14.9. The van der Waals surface area contributed by atoms with Crippen molar-refractivity contribution in [3.63, 3.8) is 0 Å². The molecular weight excluding hydrogens is 306 g/mol. The number of hydrogen-bond acceptors (Lipinski definition) is 4. The summed E-state index contributed by atoms with van der Waals surface area (Å²) in [6.45, 7) is 0.490. The molecule has 24 heavy (non-hydrogen) atoms. The van der Waals surface area contributed by atoms with Gasteiger partial charge in [0, 0.05) is 25.5 Å². The number of aryl methyl sites for hydroxylation is 1. The SMILES string of the molecule is COc1cccc(C(=O)NCC(c2cccn2C)N(C)C)c1OC. The molecule has 0 fully saturated rings. The Morgan fingerprint density at radius 1 is 1.21 bits per heavy atom. The van der Waals surface area contributed by atoms with Crippen LogP contribution in [0.1, 0.15) is 22.1 Å². The maximum absolute atomic E-state index is 12.6. The topological polar surface area (TPSA) is 55.7 Å². The first-order valence-corrected chi connectivity index (χ1v) is 7.76. The minimum atomic E-state index is -0.188. The Labute approximate surface area is 143 Å². The Morgan fingerprint density at radius 3 is 2.50 bits per heavy atom. The second kappa shape index (κ2) is 7.88. The molecule has 1 atom stereocenters. The summed E-state index contributed by atoms with van der Waals surface area (Å²) in [7, 11) is 9.07. The van der Waals surface area contributed by atoms with E-state index in [1.807, 2.05) is 33.4 Å². The molecule has 130 valence electrons. The molecule has 6 heteroatoms. The Bertz CT molecular complexity index is 695. The van der Waals surface area contributed by atoms with E-state index >= 15 is 0 Å². The minimum Gasteiger partial charge on any atom is -0.493 e. The zero-order valence-electron chi connectivity index (χ0n) is 14.9. The molecule has 0 aliphatic heterocycles. The fourth-order valence-corrected chi connectivity index (χ4v) is 2.72. The summed E-state index contributed by atoms with van der Waals surface area (Å²) >= 11 is 0. The highest BCUT2D eigenvalue weighted by Gasteiger charge is 2.20. The molecule has 0 bridgehead atoms. The summed E-state index contributed by atoms with van der Waals surface area (Å²) in [6, 6.07) is 9.40. The third-order valence-corrected chi connectivity index (χ3v) is 4.05. The van der Waals surface area contributed by atoms with Gasteiger partial charge in [0.05, 0.1) is 25.8 Å². The standard InChI is InChI=1S/C18H25N3O3/c1-20(2)15(14-9-7-11-21(14)3)12-19-18(22)13-8-6-10-16(23-4)17(13)24-5/h6-11,15H,12H2,1-5H3,(H,19,22). The van der Waals surface area contributed by atoms with Gasteiger partial charge in [-0.25, -0.2) is 0 Å². The number of nitrogens with one attached hydrogen (secondary N) is 1. The van der Waals surface area contributed by atoms with Gasteiger partial charge in [-0.15, -0.1) is 0 Å². The van der Waals surface area contributed by atoms with Crippen LogP contribution in [0, 0.1) is 0 Å². The second-order valence-corrected chi connectivity index (χ2v) is 5.77. The number of likely N-dealkylation sites (N-methyl/N-ethyl adjacent to an activating group) is 1. The number of methoxy groups -OCH3 is 2. The summed E-state index contributed by atoms with van der Waals surface area (Å²) in [4.78, 5) is 14.7. The molecule has 1 aromatic carbocycles. The molecule has 0 saturated heterocycles. The van der Waals surface area contributed by atoms with E-state index in [-0.39, 0.29) is 11.9 Å². The number of nitrogens with zero attached hydrogens (tertiary/aromatic N) is 2. The molecule has 1 unspecified atom stereocenters. The number of hydrogen-bond donors (Lipinski definition) is 1. The minimum absolute atomic E-state index is 0.0746. The number of amides is 1. The van der Waals surface area contributed by atoms with Crippen LogP contribution in [-0.4, -0.2) is 50.2 Å². The average molecular weight is 331 g/mol. The lowest BCUT2D eigenvalue weighted by Crippen LogP contribution is -2.35. The molecule has 0 aliphatic carbocycles. The molecule has 1 heterocycles. The number of benzene rings is 1. The third kappa shape index (κ3) is 3.71. The number of para-hydroxylation sites is 1. The van der Waals surface area contributed by atoms with E-state index in [4.69, 9.17) is 9.47 Å². The zero-order chi connectivity index (χ0) is 17.7. The molecule has 0 saturated carbocycles. The van der Waals surface area contributed by atoms with E-state index in [9.17, 15) is 4.79 Å². The number of carbonyl (C=O) groups is 1. The molecule has 0 radical (unpaired) electrons. The maximum Gasteiger partial charge on any atom is 0.255 e. The first kappa shape index (κ1) is 17.9. The first-order valence-electron chi connectivity index (χ1n) is 7.76. The lowest BCUT2D eigenvalue weighted by atomic mass is 10.1. The van der Waals surface area contributed by atoms with Crippen molar-refractivity contribution in [3.8, 4) is 11.5 Å². The second-order valence-electron chi connectivity index (χ2n) is 5.77. The third-order valence-electron chi connectivity index (χ3n) is 4.05. The normalized spacial score (nSPS) is 12.1. The van der Waals surface area contributed by atoms with Crippen molar-refractivity contribution in [2.45, 2.75) is 6.04 Å². The lowest BCUT2D eigenvalue weighted by molar-refractivity contribution is 0.0937. The molecule has 0 spiro atoms. The fraction of sp³-hybridized carbons (Fsp3) is 0.389. The van der Waals surface area contributed by atoms with Gasteiger partial charge in [0.1, 0.15) is 0 Å². The quantitative estimate of drug-likeness (QED) is 0.844. The van der Waals surface area contributed by atoms with Gasteiger partial charge >= 0.3 is 0 Å². The summed E-state index contributed by atoms with van der Waals surface area (Å²) in [5.74, 6) is 0.793. The van der Waals surface area contributed by atoms with E-state index < -0.39 is 0 Å². The Kier molecular flexibility index (Phi) is 5.87. The average Bonchev–Trinajstić information content (AvgIpc) is 2.99. The van der Waals surface area contributed by atoms with Crippen molar-refractivity contribution in [3.05, 3.63) is 47.8 Å². The monoisotopic (exact) mass is 331 g/mol. The molecular formula is C18H25N3O3. The molecule has 2 rings (SSSR count).